The number of fused-ring (bicyclic) bond motifs is 2. The van der Waals surface area contributed by atoms with Crippen molar-refractivity contribution in [3.63, 3.8) is 0 Å². The lowest BCUT2D eigenvalue weighted by atomic mass is 9.79. The number of Topliss-reactive ketones (excluding diaryl/α,β-unsaturated/α-hetero) is 2. The van der Waals surface area contributed by atoms with E-state index < -0.39 is 131 Å². The molecule has 4 aromatic carbocycles. The van der Waals surface area contributed by atoms with Crippen LogP contribution in [0.1, 0.15) is 198 Å². The number of nitrogens with zero attached hydrogens (tertiary/aromatic N) is 11. The number of aliphatic carboxylic acids is 2. The number of anilines is 2. The molecule has 2 aromatic heterocycles. The van der Waals surface area contributed by atoms with Gasteiger partial charge in [0.1, 0.15) is 72.0 Å². The lowest BCUT2D eigenvalue weighted by Crippen LogP contribution is -2.63. The summed E-state index contributed by atoms with van der Waals surface area (Å²) in [7, 11) is 11.6. The summed E-state index contributed by atoms with van der Waals surface area (Å²) in [6.07, 6.45) is 5.87. The number of thioether (sulfide) groups is 2. The smallest absolute Gasteiger partial charge is 0.353 e. The van der Waals surface area contributed by atoms with Gasteiger partial charge >= 0.3 is 23.9 Å². The Bertz CT molecular complexity index is 5890. The number of likely N-dealkylation sites (tertiary alicyclic amines) is 4. The quantitative estimate of drug-likeness (QED) is 0.00895. The second kappa shape index (κ2) is 49.3. The fraction of sp³-hybridized carbons (Fsp3) is 0.550. The number of ketones is 2. The van der Waals surface area contributed by atoms with Crippen molar-refractivity contribution >= 4 is 106 Å². The molecule has 6 aromatic rings. The number of amides is 6. The number of benzene rings is 4. The van der Waals surface area contributed by atoms with Crippen LogP contribution in [0.4, 0.5) is 11.8 Å². The van der Waals surface area contributed by atoms with Crippen molar-refractivity contribution in [1.29, 1.82) is 0 Å². The molecule has 8 aliphatic rings. The van der Waals surface area contributed by atoms with E-state index in [1.54, 1.807) is 113 Å². The molecule has 14 rings (SSSR count). The van der Waals surface area contributed by atoms with Crippen LogP contribution in [-0.4, -0.2) is 306 Å². The number of pyridine rings is 1. The van der Waals surface area contributed by atoms with E-state index in [2.05, 4.69) is 20.5 Å². The number of hydrogen-bond acceptors (Lipinski definition) is 30. The molecule has 0 bridgehead atoms. The molecule has 36 nitrogen and oxygen atoms in total. The fourth-order valence-electron chi connectivity index (χ4n) is 20.8. The number of aromatic nitrogens is 3. The molecular weight excluding hydrogens is 1920 g/mol. The van der Waals surface area contributed by atoms with Crippen LogP contribution in [0, 0.1) is 41.4 Å². The molecule has 0 radical (unpaired) electrons. The predicted octanol–water partition coefficient (Wildman–Crippen LogP) is 11.9. The van der Waals surface area contributed by atoms with Crippen LogP contribution in [-0.2, 0) is 92.9 Å². The maximum absolute atomic E-state index is 14.2. The van der Waals surface area contributed by atoms with Gasteiger partial charge in [-0.15, -0.1) is 23.5 Å². The number of piperidine rings is 2. The molecule has 6 N–H and O–H groups in total. The number of ether oxygens (including phenoxy) is 7. The van der Waals surface area contributed by atoms with E-state index in [9.17, 15) is 78.0 Å². The van der Waals surface area contributed by atoms with Crippen molar-refractivity contribution in [2.75, 3.05) is 113 Å². The summed E-state index contributed by atoms with van der Waals surface area (Å²) in [5.41, 5.74) is 3.99. The summed E-state index contributed by atoms with van der Waals surface area (Å²) in [6.45, 7) is 23.0. The minimum absolute atomic E-state index is 0.0310. The number of aliphatic hydroxyl groups excluding tert-OH is 2. The molecule has 794 valence electrons. The first kappa shape index (κ1) is 112. The Balaban J connectivity index is 0.000000246. The van der Waals surface area contributed by atoms with Gasteiger partial charge in [0, 0.05) is 117 Å². The highest BCUT2D eigenvalue weighted by Gasteiger charge is 2.63. The summed E-state index contributed by atoms with van der Waals surface area (Å²) in [5, 5.41) is 47.4. The Morgan fingerprint density at radius 2 is 0.966 bits per heavy atom. The number of rotatable bonds is 45. The number of methoxy groups -OCH3 is 3. The third-order valence-electron chi connectivity index (χ3n) is 29.7. The van der Waals surface area contributed by atoms with Gasteiger partial charge < -0.3 is 93.6 Å². The number of carbonyl (C=O) groups is 12. The van der Waals surface area contributed by atoms with Crippen molar-refractivity contribution in [3.8, 4) is 28.7 Å². The first-order chi connectivity index (χ1) is 70.0. The van der Waals surface area contributed by atoms with Crippen molar-refractivity contribution in [2.45, 2.75) is 250 Å². The summed E-state index contributed by atoms with van der Waals surface area (Å²) in [4.78, 5) is 188. The average Bonchev–Trinajstić information content (AvgIpc) is 1.56. The first-order valence-corrected chi connectivity index (χ1v) is 52.7. The van der Waals surface area contributed by atoms with E-state index in [-0.39, 0.29) is 70.6 Å². The zero-order valence-electron chi connectivity index (χ0n) is 87.5. The Morgan fingerprint density at radius 1 is 0.531 bits per heavy atom. The summed E-state index contributed by atoms with van der Waals surface area (Å²) < 4.78 is 41.5. The number of β-lactam (4-membered cyclic amide) rings is 2. The Hall–Kier alpha value is -12.2. The van der Waals surface area contributed by atoms with Crippen LogP contribution < -0.4 is 34.3 Å². The molecule has 0 unspecified atom stereocenters. The average molecular weight is 2070 g/mol. The molecule has 0 saturated carbocycles. The third kappa shape index (κ3) is 25.8. The van der Waals surface area contributed by atoms with E-state index >= 15 is 0 Å². The highest BCUT2D eigenvalue weighted by atomic mass is 32.2. The molecule has 147 heavy (non-hydrogen) atoms. The number of hydrogen-bond donors (Lipinski definition) is 6. The van der Waals surface area contributed by atoms with Crippen LogP contribution in [0.5, 0.6) is 28.7 Å². The van der Waals surface area contributed by atoms with Crippen molar-refractivity contribution in [3.05, 3.63) is 176 Å². The fourth-order valence-corrected chi connectivity index (χ4v) is 23.9. The number of esters is 2. The van der Waals surface area contributed by atoms with Crippen molar-refractivity contribution in [1.82, 2.24) is 54.2 Å². The number of likely N-dealkylation sites (N-methyl/N-ethyl adjacent to an activating group) is 2. The molecule has 10 heterocycles. The zero-order chi connectivity index (χ0) is 106. The van der Waals surface area contributed by atoms with Gasteiger partial charge in [0.25, 0.3) is 11.8 Å². The van der Waals surface area contributed by atoms with Gasteiger partial charge in [-0.1, -0.05) is 104 Å². The van der Waals surface area contributed by atoms with E-state index in [1.165, 1.54) is 43.1 Å². The van der Waals surface area contributed by atoms with E-state index in [0.29, 0.717) is 197 Å². The number of carbonyl (C=O) groups excluding carboxylic acids is 10. The SMILES string of the molecule is CCC(C)(C)C(=O)C(=O)N1CCCC[C@H]1C(=O)O[C@H](CCc1ccc(OC)c(C)c1)c1cccc(OCCNc2nccc(CN3C[C@@H](SC4=C(C(=O)O)N5C(=O)[C@H]([C@@H](C)O)[C@H]5[C@H]4C)C[C@H]3C(=O)N(C)C)n2)c1.CCC(C)(C)C(=O)C(=O)N1CCCC[C@H]1C(=O)O[C@H](CCc1ccc(OC)c(OC)c1)c1cccc(OCCNc2cccc(CN3C[C@@H](SC4=C(C(=O)O)N5C(=O)[C@H]([C@@H](C)O)[C@H]5[C@H]4C)C[C@H]3C(=O)N(C)C)n2)c1. The molecule has 38 heteroatoms. The van der Waals surface area contributed by atoms with Crippen LogP contribution in [0.15, 0.2) is 137 Å². The maximum Gasteiger partial charge on any atom is 0.353 e. The van der Waals surface area contributed by atoms with Gasteiger partial charge in [0.05, 0.1) is 94.0 Å². The Kier molecular flexibility index (Phi) is 37.5. The lowest BCUT2D eigenvalue weighted by Gasteiger charge is -2.46. The lowest BCUT2D eigenvalue weighted by molar-refractivity contribution is -0.165. The Morgan fingerprint density at radius 3 is 1.39 bits per heavy atom. The van der Waals surface area contributed by atoms with Gasteiger partial charge in [-0.3, -0.25) is 48.2 Å². The zero-order valence-corrected chi connectivity index (χ0v) is 89.1. The topological polar surface area (TPSA) is 439 Å². The van der Waals surface area contributed by atoms with Crippen LogP contribution >= 0.6 is 23.5 Å². The highest BCUT2D eigenvalue weighted by Crippen LogP contribution is 2.55. The predicted molar refractivity (Wildman–Crippen MR) is 553 cm³/mol. The number of aryl methyl sites for hydroxylation is 3. The number of nitrogens with one attached hydrogen (secondary N) is 2. The van der Waals surface area contributed by atoms with Gasteiger partial charge in [-0.05, 0) is 199 Å². The third-order valence-corrected chi connectivity index (χ3v) is 32.7. The van der Waals surface area contributed by atoms with Crippen molar-refractivity contribution in [2.24, 2.45) is 34.5 Å². The largest absolute Gasteiger partial charge is 0.496 e. The number of carboxylic acids is 2. The summed E-state index contributed by atoms with van der Waals surface area (Å²) >= 11 is 2.82. The standard InChI is InChI=1S/C55H72N6O12S.C54H71N7O11S/c1-10-55(4,5)49(63)52(66)60-25-12-11-18-39(60)54(69)73-41(22-20-34-21-23-42(70-8)43(27-34)71-9)35-15-13-17-37(28-35)72-26-24-56-44-19-14-16-36(57-44)30-59-31-38(29-40(59)50(64)58(6)7)74-48-32(2)46-45(33(3)62)51(65)61(46)47(48)53(67)68;1-10-54(5,6)47(63)50(66)60-24-12-11-16-39(60)52(69)72-42(20-18-34-17-19-41(70-9)31(2)26-34)35-14-13-15-37(27-35)71-25-23-56-53-55-22-21-36(57-53)29-59-30-38(28-40(59)48(64)58(7)8)73-46-32(3)44-43(33(4)62)49(65)61(44)45(46)51(67)68/h13-17,19,21,23,27-28,32-33,38-41,45-46,62H,10-12,18,20,22,24-26,29-31H2,1-9H3,(H,56,57)(H,67,68);13-15,17,19,21-22,26-27,32-33,38-40,42-44,62H,10-12,16,18,20,23-25,28-30H2,1-9H3,(H,67,68)(H,55,56,57)/t32-,33-,38+,39+,40+,41-,45-,46-;32-,33-,38+,39+,40+,42-,43-,44-/m11/s1. The first-order valence-electron chi connectivity index (χ1n) is 50.9. The summed E-state index contributed by atoms with van der Waals surface area (Å²) in [5.74, 6) is -4.60. The molecule has 6 amide bonds. The van der Waals surface area contributed by atoms with Crippen molar-refractivity contribution < 1.29 is 111 Å². The van der Waals surface area contributed by atoms with E-state index in [4.69, 9.17) is 43.1 Å². The normalized spacial score (nSPS) is 22.7. The van der Waals surface area contributed by atoms with Crippen LogP contribution in [0.3, 0.4) is 0 Å². The van der Waals surface area contributed by atoms with Gasteiger partial charge in [0.2, 0.25) is 41.1 Å². The molecule has 6 saturated heterocycles. The monoisotopic (exact) mass is 2070 g/mol. The molecule has 0 spiro atoms. The highest BCUT2D eigenvalue weighted by molar-refractivity contribution is 8.04. The number of aliphatic hydroxyl groups is 2. The molecule has 0 aliphatic carbocycles. The van der Waals surface area contributed by atoms with Gasteiger partial charge in [0.15, 0.2) is 11.5 Å². The molecule has 8 aliphatic heterocycles. The van der Waals surface area contributed by atoms with Gasteiger partial charge in [-0.25, -0.2) is 34.1 Å². The van der Waals surface area contributed by atoms with Gasteiger partial charge in [-0.2, -0.15) is 0 Å². The summed E-state index contributed by atoms with van der Waals surface area (Å²) in [6, 6.07) is 30.2. The van der Waals surface area contributed by atoms with E-state index in [0.717, 1.165) is 34.6 Å². The molecule has 16 atom stereocenters. The second-order valence-electron chi connectivity index (χ2n) is 41.0. The minimum Gasteiger partial charge on any atom is -0.496 e. The Labute approximate surface area is 868 Å². The second-order valence-corrected chi connectivity index (χ2v) is 43.7. The van der Waals surface area contributed by atoms with E-state index in [1.807, 2.05) is 143 Å². The molecular formula is C109H143N13O23S2. The molecule has 6 fully saturated rings. The minimum atomic E-state index is -1.19. The maximum atomic E-state index is 14.2. The van der Waals surface area contributed by atoms with Crippen LogP contribution in [0.25, 0.3) is 0 Å². The number of carboxylic acid groups (broad SMARTS) is 2. The van der Waals surface area contributed by atoms with Crippen LogP contribution in [0.2, 0.25) is 0 Å².